The zero-order valence-corrected chi connectivity index (χ0v) is 17.2. The quantitative estimate of drug-likeness (QED) is 0.538. The van der Waals surface area contributed by atoms with Crippen LogP contribution >= 0.6 is 11.6 Å². The summed E-state index contributed by atoms with van der Waals surface area (Å²) in [5, 5.41) is 8.69. The van der Waals surface area contributed by atoms with E-state index in [-0.39, 0.29) is 24.1 Å². The fourth-order valence-electron chi connectivity index (χ4n) is 3.61. The first-order chi connectivity index (χ1) is 14.8. The van der Waals surface area contributed by atoms with Crippen molar-refractivity contribution in [2.24, 2.45) is 0 Å². The van der Waals surface area contributed by atoms with Gasteiger partial charge in [0.05, 0.1) is 17.9 Å². The Morgan fingerprint density at radius 1 is 1.10 bits per heavy atom. The van der Waals surface area contributed by atoms with Crippen LogP contribution in [-0.4, -0.2) is 34.1 Å². The summed E-state index contributed by atoms with van der Waals surface area (Å²) in [5.74, 6) is 0.445. The molecule has 0 aliphatic carbocycles. The van der Waals surface area contributed by atoms with E-state index in [9.17, 15) is 18.0 Å². The molecule has 1 unspecified atom stereocenters. The van der Waals surface area contributed by atoms with Gasteiger partial charge in [-0.25, -0.2) is 0 Å². The number of hydrogen-bond donors (Lipinski definition) is 0. The molecule has 1 aliphatic heterocycles. The van der Waals surface area contributed by atoms with Gasteiger partial charge in [-0.15, -0.1) is 10.2 Å². The van der Waals surface area contributed by atoms with Crippen LogP contribution in [0.4, 0.5) is 13.2 Å². The fourth-order valence-corrected chi connectivity index (χ4v) is 3.74. The second-order valence-electron chi connectivity index (χ2n) is 7.50. The Kier molecular flexibility index (Phi) is 6.00. The van der Waals surface area contributed by atoms with E-state index < -0.39 is 11.7 Å². The molecule has 1 amide bonds. The number of alkyl halides is 3. The smallest absolute Gasteiger partial charge is 0.416 e. The maximum Gasteiger partial charge on any atom is 0.416 e. The molecule has 9 heteroatoms. The predicted octanol–water partition coefficient (Wildman–Crippen LogP) is 5.36. The number of nitrogens with zero attached hydrogens (tertiary/aromatic N) is 3. The molecule has 5 nitrogen and oxygen atoms in total. The monoisotopic (exact) mass is 449 g/mol. The van der Waals surface area contributed by atoms with Gasteiger partial charge in [-0.05, 0) is 54.8 Å². The lowest BCUT2D eigenvalue weighted by molar-refractivity contribution is -0.137. The summed E-state index contributed by atoms with van der Waals surface area (Å²) >= 11 is 5.89. The molecular weight excluding hydrogens is 431 g/mol. The van der Waals surface area contributed by atoms with Gasteiger partial charge in [0.15, 0.2) is 0 Å². The van der Waals surface area contributed by atoms with E-state index in [2.05, 4.69) is 10.2 Å². The number of hydrogen-bond acceptors (Lipinski definition) is 4. The van der Waals surface area contributed by atoms with Crippen LogP contribution < -0.4 is 0 Å². The van der Waals surface area contributed by atoms with E-state index in [0.717, 1.165) is 30.5 Å². The maximum absolute atomic E-state index is 12.7. The Labute approximate surface area is 181 Å². The lowest BCUT2D eigenvalue weighted by atomic mass is 9.97. The lowest BCUT2D eigenvalue weighted by Crippen LogP contribution is -2.40. The van der Waals surface area contributed by atoms with E-state index in [1.165, 1.54) is 12.1 Å². The van der Waals surface area contributed by atoms with Crippen molar-refractivity contribution in [1.29, 1.82) is 0 Å². The molecule has 1 aliphatic rings. The van der Waals surface area contributed by atoms with Gasteiger partial charge in [-0.3, -0.25) is 4.79 Å². The molecule has 2 heterocycles. The van der Waals surface area contributed by atoms with E-state index in [0.29, 0.717) is 29.6 Å². The minimum absolute atomic E-state index is 0.00880. The topological polar surface area (TPSA) is 59.2 Å². The van der Waals surface area contributed by atoms with Crippen LogP contribution in [0.15, 0.2) is 52.9 Å². The normalized spacial score (nSPS) is 17.0. The molecule has 31 heavy (non-hydrogen) atoms. The minimum atomic E-state index is -4.40. The SMILES string of the molecule is O=C(Cc1ccc(Cl)cc1)N1CCCC(c2nnc(-c3ccc(C(F)(F)F)cc3)o2)C1. The van der Waals surface area contributed by atoms with Crippen LogP contribution in [0, 0.1) is 0 Å². The summed E-state index contributed by atoms with van der Waals surface area (Å²) in [5.41, 5.74) is 0.565. The first-order valence-corrected chi connectivity index (χ1v) is 10.2. The van der Waals surface area contributed by atoms with E-state index in [4.69, 9.17) is 16.0 Å². The Balaban J connectivity index is 1.42. The highest BCUT2D eigenvalue weighted by Gasteiger charge is 2.31. The number of likely N-dealkylation sites (tertiary alicyclic amines) is 1. The summed E-state index contributed by atoms with van der Waals surface area (Å²) in [4.78, 5) is 14.5. The molecule has 1 aromatic heterocycles. The predicted molar refractivity (Wildman–Crippen MR) is 108 cm³/mol. The zero-order chi connectivity index (χ0) is 22.0. The molecule has 0 bridgehead atoms. The number of piperidine rings is 1. The molecule has 4 rings (SSSR count). The van der Waals surface area contributed by atoms with Crippen LogP contribution in [0.1, 0.15) is 35.8 Å². The summed E-state index contributed by atoms with van der Waals surface area (Å²) < 4.78 is 43.9. The lowest BCUT2D eigenvalue weighted by Gasteiger charge is -2.31. The molecular formula is C22H19ClF3N3O2. The van der Waals surface area contributed by atoms with Crippen molar-refractivity contribution in [3.8, 4) is 11.5 Å². The molecule has 1 saturated heterocycles. The molecule has 2 aromatic carbocycles. The third-order valence-electron chi connectivity index (χ3n) is 5.29. The van der Waals surface area contributed by atoms with E-state index >= 15 is 0 Å². The highest BCUT2D eigenvalue weighted by Crippen LogP contribution is 2.32. The van der Waals surface area contributed by atoms with Gasteiger partial charge in [0.25, 0.3) is 0 Å². The third kappa shape index (κ3) is 5.07. The van der Waals surface area contributed by atoms with Crippen LogP contribution in [0.2, 0.25) is 5.02 Å². The van der Waals surface area contributed by atoms with Crippen molar-refractivity contribution in [2.45, 2.75) is 31.4 Å². The number of halogens is 4. The van der Waals surface area contributed by atoms with Crippen LogP contribution in [0.5, 0.6) is 0 Å². The molecule has 1 fully saturated rings. The number of rotatable bonds is 4. The Hall–Kier alpha value is -2.87. The Bertz CT molecular complexity index is 1050. The highest BCUT2D eigenvalue weighted by atomic mass is 35.5. The van der Waals surface area contributed by atoms with Crippen molar-refractivity contribution in [3.63, 3.8) is 0 Å². The summed E-state index contributed by atoms with van der Waals surface area (Å²) in [6, 6.07) is 11.8. The van der Waals surface area contributed by atoms with Gasteiger partial charge in [0.1, 0.15) is 0 Å². The van der Waals surface area contributed by atoms with Crippen LogP contribution in [-0.2, 0) is 17.4 Å². The van der Waals surface area contributed by atoms with Gasteiger partial charge < -0.3 is 9.32 Å². The number of carbonyl (C=O) groups excluding carboxylic acids is 1. The van der Waals surface area contributed by atoms with Crippen molar-refractivity contribution < 1.29 is 22.4 Å². The number of carbonyl (C=O) groups is 1. The van der Waals surface area contributed by atoms with Gasteiger partial charge in [0.2, 0.25) is 17.7 Å². The maximum atomic E-state index is 12.7. The van der Waals surface area contributed by atoms with Crippen molar-refractivity contribution in [3.05, 3.63) is 70.6 Å². The van der Waals surface area contributed by atoms with Gasteiger partial charge >= 0.3 is 6.18 Å². The molecule has 162 valence electrons. The summed E-state index contributed by atoms with van der Waals surface area (Å²) in [6.07, 6.45) is -2.53. The fraction of sp³-hybridized carbons (Fsp3) is 0.318. The van der Waals surface area contributed by atoms with Crippen LogP contribution in [0.3, 0.4) is 0 Å². The van der Waals surface area contributed by atoms with Gasteiger partial charge in [0, 0.05) is 23.7 Å². The molecule has 0 radical (unpaired) electrons. The van der Waals surface area contributed by atoms with Crippen molar-refractivity contribution in [2.75, 3.05) is 13.1 Å². The molecule has 0 saturated carbocycles. The van der Waals surface area contributed by atoms with Crippen molar-refractivity contribution >= 4 is 17.5 Å². The second-order valence-corrected chi connectivity index (χ2v) is 7.94. The van der Waals surface area contributed by atoms with E-state index in [1.807, 2.05) is 12.1 Å². The number of amides is 1. The summed E-state index contributed by atoms with van der Waals surface area (Å²) in [6.45, 7) is 1.11. The Morgan fingerprint density at radius 2 is 1.81 bits per heavy atom. The third-order valence-corrected chi connectivity index (χ3v) is 5.54. The number of aromatic nitrogens is 2. The summed E-state index contributed by atoms with van der Waals surface area (Å²) in [7, 11) is 0. The standard InChI is InChI=1S/C22H19ClF3N3O2/c23-18-9-3-14(4-10-18)12-19(30)29-11-1-2-16(13-29)21-28-27-20(31-21)15-5-7-17(8-6-15)22(24,25)26/h3-10,16H,1-2,11-13H2. The molecule has 0 N–H and O–H groups in total. The number of benzene rings is 2. The van der Waals surface area contributed by atoms with Gasteiger partial charge in [-0.2, -0.15) is 13.2 Å². The minimum Gasteiger partial charge on any atom is -0.420 e. The second kappa shape index (κ2) is 8.70. The highest BCUT2D eigenvalue weighted by molar-refractivity contribution is 6.30. The van der Waals surface area contributed by atoms with Crippen molar-refractivity contribution in [1.82, 2.24) is 15.1 Å². The average molecular weight is 450 g/mol. The molecule has 0 spiro atoms. The van der Waals surface area contributed by atoms with E-state index in [1.54, 1.807) is 17.0 Å². The van der Waals surface area contributed by atoms with Crippen LogP contribution in [0.25, 0.3) is 11.5 Å². The first kappa shape index (κ1) is 21.4. The molecule has 3 aromatic rings. The van der Waals surface area contributed by atoms with Gasteiger partial charge in [-0.1, -0.05) is 23.7 Å². The molecule has 1 atom stereocenters. The largest absolute Gasteiger partial charge is 0.420 e. The zero-order valence-electron chi connectivity index (χ0n) is 16.4. The first-order valence-electron chi connectivity index (χ1n) is 9.83. The average Bonchev–Trinajstić information content (AvgIpc) is 3.25. The Morgan fingerprint density at radius 3 is 2.48 bits per heavy atom.